The summed E-state index contributed by atoms with van der Waals surface area (Å²) in [7, 11) is 1.40. The van der Waals surface area contributed by atoms with Gasteiger partial charge < -0.3 is 24.6 Å². The highest BCUT2D eigenvalue weighted by atomic mass is 19.1. The maximum Gasteiger partial charge on any atom is 0.295 e. The number of aromatic hydroxyl groups is 1. The lowest BCUT2D eigenvalue weighted by Gasteiger charge is -2.29. The van der Waals surface area contributed by atoms with Gasteiger partial charge in [-0.15, -0.1) is 0 Å². The fourth-order valence-corrected chi connectivity index (χ4v) is 4.51. The van der Waals surface area contributed by atoms with E-state index in [4.69, 9.17) is 9.47 Å². The molecule has 8 nitrogen and oxygen atoms in total. The second-order valence-corrected chi connectivity index (χ2v) is 8.70. The van der Waals surface area contributed by atoms with Gasteiger partial charge in [0.15, 0.2) is 11.5 Å². The average molecular weight is 485 g/mol. The zero-order valence-corrected chi connectivity index (χ0v) is 19.8. The van der Waals surface area contributed by atoms with E-state index in [0.29, 0.717) is 30.8 Å². The number of carbonyl (C=O) groups excluding carboxylic acids is 2. The number of nitrogens with zero attached hydrogens (tertiary/aromatic N) is 2. The van der Waals surface area contributed by atoms with Crippen molar-refractivity contribution in [3.8, 4) is 11.5 Å². The second-order valence-electron chi connectivity index (χ2n) is 8.70. The molecule has 2 aliphatic heterocycles. The van der Waals surface area contributed by atoms with E-state index in [2.05, 4.69) is 4.90 Å². The second kappa shape index (κ2) is 10.5. The van der Waals surface area contributed by atoms with Gasteiger partial charge in [0.25, 0.3) is 11.7 Å². The molecule has 2 aromatic carbocycles. The van der Waals surface area contributed by atoms with Crippen LogP contribution in [0.1, 0.15) is 29.2 Å². The van der Waals surface area contributed by atoms with Crippen LogP contribution in [0.2, 0.25) is 0 Å². The summed E-state index contributed by atoms with van der Waals surface area (Å²) in [6, 6.07) is 7.75. The molecular weight excluding hydrogens is 455 g/mol. The number of Topliss-reactive ketones (excluding diaryl/α,β-unsaturated/α-hetero) is 1. The van der Waals surface area contributed by atoms with Gasteiger partial charge in [-0.2, -0.15) is 0 Å². The number of aryl methyl sites for hydroxylation is 1. The summed E-state index contributed by atoms with van der Waals surface area (Å²) in [6.07, 6.45) is 0.609. The summed E-state index contributed by atoms with van der Waals surface area (Å²) < 4.78 is 24.8. The molecule has 0 saturated carbocycles. The van der Waals surface area contributed by atoms with Crippen molar-refractivity contribution in [3.05, 3.63) is 64.5 Å². The van der Waals surface area contributed by atoms with Crippen molar-refractivity contribution < 1.29 is 33.7 Å². The summed E-state index contributed by atoms with van der Waals surface area (Å²) >= 11 is 0. The number of aliphatic hydroxyl groups excluding tert-OH is 1. The highest BCUT2D eigenvalue weighted by Crippen LogP contribution is 2.42. The Labute approximate surface area is 203 Å². The Morgan fingerprint density at radius 2 is 1.89 bits per heavy atom. The summed E-state index contributed by atoms with van der Waals surface area (Å²) in [6.45, 7) is 5.51. The van der Waals surface area contributed by atoms with E-state index in [-0.39, 0.29) is 29.2 Å². The minimum Gasteiger partial charge on any atom is -0.507 e. The number of carbonyl (C=O) groups is 2. The molecule has 2 fully saturated rings. The number of methoxy groups -OCH3 is 1. The van der Waals surface area contributed by atoms with Crippen molar-refractivity contribution >= 4 is 17.4 Å². The number of ketones is 1. The molecular formula is C26H29FN2O6. The molecule has 0 unspecified atom stereocenters. The predicted octanol–water partition coefficient (Wildman–Crippen LogP) is 2.99. The first-order valence-corrected chi connectivity index (χ1v) is 11.5. The SMILES string of the molecule is COc1cc([C@@H]2C(=C(O)c3ccc(C)c(F)c3)C(=O)C(=O)N2CCCN2CCOCC2)ccc1O. The standard InChI is InChI=1S/C26H29FN2O6/c1-16-4-5-18(14-19(16)27)24(31)22-23(17-6-7-20(30)21(15-17)34-2)29(26(33)25(22)32)9-3-8-28-10-12-35-13-11-28/h4-7,14-15,23,30-31H,3,8-13H2,1-2H3/t23-/m1/s1. The van der Waals surface area contributed by atoms with Gasteiger partial charge in [-0.1, -0.05) is 18.2 Å². The number of aliphatic hydroxyl groups is 1. The topological polar surface area (TPSA) is 99.5 Å². The van der Waals surface area contributed by atoms with Gasteiger partial charge in [0.1, 0.15) is 11.6 Å². The van der Waals surface area contributed by atoms with Crippen LogP contribution in [0.25, 0.3) is 5.76 Å². The number of ether oxygens (including phenoxy) is 2. The first kappa shape index (κ1) is 24.7. The number of rotatable bonds is 7. The van der Waals surface area contributed by atoms with E-state index in [9.17, 15) is 24.2 Å². The quantitative estimate of drug-likeness (QED) is 0.354. The fraction of sp³-hybridized carbons (Fsp3) is 0.385. The lowest BCUT2D eigenvalue weighted by molar-refractivity contribution is -0.140. The van der Waals surface area contributed by atoms with Gasteiger partial charge >= 0.3 is 0 Å². The number of hydrogen-bond acceptors (Lipinski definition) is 7. The molecule has 186 valence electrons. The number of benzene rings is 2. The van der Waals surface area contributed by atoms with Gasteiger partial charge in [0.2, 0.25) is 0 Å². The molecule has 9 heteroatoms. The Morgan fingerprint density at radius 3 is 2.57 bits per heavy atom. The molecule has 1 atom stereocenters. The summed E-state index contributed by atoms with van der Waals surface area (Å²) in [5.74, 6) is -2.49. The monoisotopic (exact) mass is 484 g/mol. The van der Waals surface area contributed by atoms with E-state index >= 15 is 0 Å². The van der Waals surface area contributed by atoms with Crippen LogP contribution < -0.4 is 4.74 Å². The Bertz CT molecular complexity index is 1160. The third-order valence-electron chi connectivity index (χ3n) is 6.48. The summed E-state index contributed by atoms with van der Waals surface area (Å²) in [5.41, 5.74) is 0.858. The molecule has 0 radical (unpaired) electrons. The normalized spacial score (nSPS) is 20.4. The predicted molar refractivity (Wildman–Crippen MR) is 127 cm³/mol. The number of phenols is 1. The van der Waals surface area contributed by atoms with Crippen LogP contribution >= 0.6 is 0 Å². The van der Waals surface area contributed by atoms with Crippen molar-refractivity contribution in [1.29, 1.82) is 0 Å². The molecule has 35 heavy (non-hydrogen) atoms. The molecule has 2 saturated heterocycles. The highest BCUT2D eigenvalue weighted by molar-refractivity contribution is 6.46. The van der Waals surface area contributed by atoms with Crippen LogP contribution in [0.3, 0.4) is 0 Å². The number of amides is 1. The van der Waals surface area contributed by atoms with Crippen molar-refractivity contribution in [2.45, 2.75) is 19.4 Å². The van der Waals surface area contributed by atoms with E-state index in [1.807, 2.05) is 0 Å². The lowest BCUT2D eigenvalue weighted by Crippen LogP contribution is -2.38. The minimum absolute atomic E-state index is 0.0962. The number of likely N-dealkylation sites (tertiary alicyclic amines) is 1. The number of morpholine rings is 1. The van der Waals surface area contributed by atoms with Crippen LogP contribution in [-0.2, 0) is 14.3 Å². The van der Waals surface area contributed by atoms with Crippen LogP contribution in [0.15, 0.2) is 42.0 Å². The molecule has 1 amide bonds. The number of hydrogen-bond donors (Lipinski definition) is 2. The van der Waals surface area contributed by atoms with Crippen LogP contribution in [-0.4, -0.2) is 78.2 Å². The zero-order chi connectivity index (χ0) is 25.1. The molecule has 0 bridgehead atoms. The minimum atomic E-state index is -0.918. The highest BCUT2D eigenvalue weighted by Gasteiger charge is 2.46. The smallest absolute Gasteiger partial charge is 0.295 e. The van der Waals surface area contributed by atoms with E-state index in [1.165, 1.54) is 36.3 Å². The molecule has 0 spiro atoms. The Kier molecular flexibility index (Phi) is 7.37. The van der Waals surface area contributed by atoms with Crippen LogP contribution in [0, 0.1) is 12.7 Å². The first-order valence-electron chi connectivity index (χ1n) is 11.5. The fourth-order valence-electron chi connectivity index (χ4n) is 4.51. The third kappa shape index (κ3) is 5.01. The van der Waals surface area contributed by atoms with Crippen molar-refractivity contribution in [2.24, 2.45) is 0 Å². The van der Waals surface area contributed by atoms with Crippen LogP contribution in [0.4, 0.5) is 4.39 Å². The first-order chi connectivity index (χ1) is 16.8. The Balaban J connectivity index is 1.73. The number of halogens is 1. The van der Waals surface area contributed by atoms with Crippen LogP contribution in [0.5, 0.6) is 11.5 Å². The van der Waals surface area contributed by atoms with Gasteiger partial charge in [0, 0.05) is 31.7 Å². The average Bonchev–Trinajstić information content (AvgIpc) is 3.11. The third-order valence-corrected chi connectivity index (χ3v) is 6.48. The van der Waals surface area contributed by atoms with Gasteiger partial charge in [-0.3, -0.25) is 14.5 Å². The lowest BCUT2D eigenvalue weighted by atomic mass is 9.94. The largest absolute Gasteiger partial charge is 0.507 e. The van der Waals surface area contributed by atoms with Gasteiger partial charge in [-0.25, -0.2) is 4.39 Å². The van der Waals surface area contributed by atoms with Gasteiger partial charge in [0.05, 0.1) is 31.9 Å². The maximum absolute atomic E-state index is 14.2. The molecule has 2 aliphatic rings. The molecule has 2 heterocycles. The molecule has 2 aromatic rings. The summed E-state index contributed by atoms with van der Waals surface area (Å²) in [4.78, 5) is 29.9. The van der Waals surface area contributed by atoms with E-state index in [1.54, 1.807) is 13.0 Å². The molecule has 0 aromatic heterocycles. The molecule has 4 rings (SSSR count). The Hall–Kier alpha value is -3.43. The van der Waals surface area contributed by atoms with Crippen molar-refractivity contribution in [3.63, 3.8) is 0 Å². The molecule has 2 N–H and O–H groups in total. The zero-order valence-electron chi connectivity index (χ0n) is 19.8. The van der Waals surface area contributed by atoms with E-state index < -0.39 is 29.3 Å². The van der Waals surface area contributed by atoms with E-state index in [0.717, 1.165) is 25.7 Å². The van der Waals surface area contributed by atoms with Crippen molar-refractivity contribution in [2.75, 3.05) is 46.5 Å². The maximum atomic E-state index is 14.2. The van der Waals surface area contributed by atoms with Crippen molar-refractivity contribution in [1.82, 2.24) is 9.80 Å². The molecule has 0 aliphatic carbocycles. The van der Waals surface area contributed by atoms with Gasteiger partial charge in [-0.05, 0) is 42.7 Å². The summed E-state index contributed by atoms with van der Waals surface area (Å²) in [5, 5.41) is 21.1. The Morgan fingerprint density at radius 1 is 1.14 bits per heavy atom. The number of phenolic OH excluding ortho intramolecular Hbond substituents is 1.